The van der Waals surface area contributed by atoms with E-state index >= 15 is 0 Å². The summed E-state index contributed by atoms with van der Waals surface area (Å²) in [5.74, 6) is 0. The average molecular weight is 267 g/mol. The maximum atomic E-state index is 4.58. The van der Waals surface area contributed by atoms with E-state index in [2.05, 4.69) is 34.4 Å². The number of aromatic nitrogens is 1. The summed E-state index contributed by atoms with van der Waals surface area (Å²) in [4.78, 5) is 7.19. The summed E-state index contributed by atoms with van der Waals surface area (Å²) < 4.78 is 0. The van der Waals surface area contributed by atoms with Gasteiger partial charge in [0, 0.05) is 24.5 Å². The van der Waals surface area contributed by atoms with E-state index in [1.165, 1.54) is 43.1 Å². The van der Waals surface area contributed by atoms with Gasteiger partial charge < -0.3 is 5.32 Å². The molecular weight excluding hydrogens is 242 g/mol. The molecule has 2 rings (SSSR count). The zero-order valence-electron chi connectivity index (χ0n) is 11.6. The lowest BCUT2D eigenvalue weighted by Crippen LogP contribution is -2.42. The summed E-state index contributed by atoms with van der Waals surface area (Å²) in [5.41, 5.74) is 1.20. The second-order valence-corrected chi connectivity index (χ2v) is 6.11. The molecular formula is C14H25N3S. The minimum atomic E-state index is 0.648. The lowest BCUT2D eigenvalue weighted by Gasteiger charge is -2.32. The third-order valence-electron chi connectivity index (χ3n) is 3.66. The van der Waals surface area contributed by atoms with Crippen LogP contribution in [0.4, 0.5) is 0 Å². The Hall–Kier alpha value is -0.450. The van der Waals surface area contributed by atoms with E-state index in [4.69, 9.17) is 0 Å². The van der Waals surface area contributed by atoms with Crippen LogP contribution in [-0.2, 0) is 13.0 Å². The van der Waals surface area contributed by atoms with Crippen molar-refractivity contribution in [1.82, 2.24) is 15.2 Å². The highest BCUT2D eigenvalue weighted by molar-refractivity contribution is 7.09. The summed E-state index contributed by atoms with van der Waals surface area (Å²) >= 11 is 1.77. The molecule has 2 heterocycles. The maximum absolute atomic E-state index is 4.58. The lowest BCUT2D eigenvalue weighted by atomic mass is 10.1. The Morgan fingerprint density at radius 2 is 2.17 bits per heavy atom. The number of thiazole rings is 1. The molecule has 0 aliphatic carbocycles. The molecule has 0 spiro atoms. The first-order valence-corrected chi connectivity index (χ1v) is 8.05. The number of nitrogens with one attached hydrogen (secondary N) is 1. The van der Waals surface area contributed by atoms with Crippen molar-refractivity contribution in [3.63, 3.8) is 0 Å². The quantitative estimate of drug-likeness (QED) is 0.859. The second-order valence-electron chi connectivity index (χ2n) is 5.16. The molecule has 1 saturated heterocycles. The molecule has 0 radical (unpaired) electrons. The third kappa shape index (κ3) is 4.04. The normalized spacial score (nSPS) is 19.0. The van der Waals surface area contributed by atoms with Gasteiger partial charge in [0.25, 0.3) is 0 Å². The average Bonchev–Trinajstić information content (AvgIpc) is 2.87. The summed E-state index contributed by atoms with van der Waals surface area (Å²) in [6.45, 7) is 9.03. The first-order chi connectivity index (χ1) is 8.79. The van der Waals surface area contributed by atoms with Crippen LogP contribution in [0.3, 0.4) is 0 Å². The Morgan fingerprint density at radius 3 is 2.83 bits per heavy atom. The van der Waals surface area contributed by atoms with Gasteiger partial charge in [-0.15, -0.1) is 11.3 Å². The number of hydrogen-bond acceptors (Lipinski definition) is 4. The fourth-order valence-electron chi connectivity index (χ4n) is 2.49. The summed E-state index contributed by atoms with van der Waals surface area (Å²) in [5, 5.41) is 6.96. The Kier molecular flexibility index (Phi) is 5.60. The van der Waals surface area contributed by atoms with Crippen LogP contribution in [0.25, 0.3) is 0 Å². The molecule has 1 N–H and O–H groups in total. The first-order valence-electron chi connectivity index (χ1n) is 7.17. The molecule has 1 aromatic heterocycles. The van der Waals surface area contributed by atoms with Gasteiger partial charge in [-0.1, -0.05) is 13.3 Å². The van der Waals surface area contributed by atoms with Crippen molar-refractivity contribution >= 4 is 11.3 Å². The highest BCUT2D eigenvalue weighted by Crippen LogP contribution is 2.12. The van der Waals surface area contributed by atoms with Crippen molar-refractivity contribution in [3.8, 4) is 0 Å². The van der Waals surface area contributed by atoms with Crippen LogP contribution in [0.2, 0.25) is 0 Å². The highest BCUT2D eigenvalue weighted by Gasteiger charge is 2.15. The smallest absolute Gasteiger partial charge is 0.0926 e. The van der Waals surface area contributed by atoms with E-state index in [0.717, 1.165) is 19.5 Å². The number of piperidine rings is 1. The zero-order valence-corrected chi connectivity index (χ0v) is 12.4. The Bertz CT molecular complexity index is 345. The van der Waals surface area contributed by atoms with E-state index < -0.39 is 0 Å². The van der Waals surface area contributed by atoms with Crippen LogP contribution in [0, 0.1) is 0 Å². The number of nitrogens with zero attached hydrogens (tertiary/aromatic N) is 2. The minimum Gasteiger partial charge on any atom is -0.310 e. The standard InChI is InChI=1S/C14H25N3S/c1-3-14-16-13(11-18-14)10-15-9-12(2)17-7-5-4-6-8-17/h11-12,15H,3-10H2,1-2H3. The monoisotopic (exact) mass is 267 g/mol. The van der Waals surface area contributed by atoms with E-state index in [1.807, 2.05) is 0 Å². The molecule has 3 nitrogen and oxygen atoms in total. The topological polar surface area (TPSA) is 28.2 Å². The van der Waals surface area contributed by atoms with E-state index in [0.29, 0.717) is 6.04 Å². The Labute approximate surface area is 115 Å². The predicted molar refractivity (Wildman–Crippen MR) is 78.1 cm³/mol. The predicted octanol–water partition coefficient (Wildman–Crippen LogP) is 2.67. The molecule has 1 atom stereocenters. The molecule has 0 amide bonds. The SMILES string of the molecule is CCc1nc(CNCC(C)N2CCCCC2)cs1. The molecule has 0 bridgehead atoms. The molecule has 1 aliphatic heterocycles. The van der Waals surface area contributed by atoms with Crippen LogP contribution in [0.15, 0.2) is 5.38 Å². The summed E-state index contributed by atoms with van der Waals surface area (Å²) in [6.07, 6.45) is 5.21. The Morgan fingerprint density at radius 1 is 1.39 bits per heavy atom. The van der Waals surface area contributed by atoms with Gasteiger partial charge in [-0.25, -0.2) is 4.98 Å². The van der Waals surface area contributed by atoms with Gasteiger partial charge >= 0.3 is 0 Å². The van der Waals surface area contributed by atoms with E-state index in [9.17, 15) is 0 Å². The van der Waals surface area contributed by atoms with Crippen molar-refractivity contribution in [3.05, 3.63) is 16.1 Å². The van der Waals surface area contributed by atoms with Gasteiger partial charge in [0.1, 0.15) is 0 Å². The van der Waals surface area contributed by atoms with Gasteiger partial charge in [0.15, 0.2) is 0 Å². The van der Waals surface area contributed by atoms with Crippen LogP contribution in [0.5, 0.6) is 0 Å². The fourth-order valence-corrected chi connectivity index (χ4v) is 3.23. The van der Waals surface area contributed by atoms with E-state index in [-0.39, 0.29) is 0 Å². The zero-order chi connectivity index (χ0) is 12.8. The molecule has 1 unspecified atom stereocenters. The first kappa shape index (κ1) is 14.0. The van der Waals surface area contributed by atoms with Crippen LogP contribution in [-0.4, -0.2) is 35.6 Å². The lowest BCUT2D eigenvalue weighted by molar-refractivity contribution is 0.170. The van der Waals surface area contributed by atoms with Gasteiger partial charge in [0.05, 0.1) is 10.7 Å². The number of rotatable bonds is 6. The molecule has 1 aliphatic rings. The van der Waals surface area contributed by atoms with Crippen molar-refractivity contribution < 1.29 is 0 Å². The molecule has 4 heteroatoms. The van der Waals surface area contributed by atoms with Gasteiger partial charge in [-0.2, -0.15) is 0 Å². The van der Waals surface area contributed by atoms with Crippen molar-refractivity contribution in [2.24, 2.45) is 0 Å². The highest BCUT2D eigenvalue weighted by atomic mass is 32.1. The molecule has 1 fully saturated rings. The summed E-state index contributed by atoms with van der Waals surface area (Å²) in [7, 11) is 0. The molecule has 102 valence electrons. The third-order valence-corrected chi connectivity index (χ3v) is 4.70. The second kappa shape index (κ2) is 7.22. The number of likely N-dealkylation sites (tertiary alicyclic amines) is 1. The Balaban J connectivity index is 1.67. The van der Waals surface area contributed by atoms with Crippen molar-refractivity contribution in [2.75, 3.05) is 19.6 Å². The summed E-state index contributed by atoms with van der Waals surface area (Å²) in [6, 6.07) is 0.648. The van der Waals surface area contributed by atoms with Gasteiger partial charge in [-0.05, 0) is 39.3 Å². The number of aryl methyl sites for hydroxylation is 1. The minimum absolute atomic E-state index is 0.648. The van der Waals surface area contributed by atoms with Crippen molar-refractivity contribution in [2.45, 2.75) is 52.1 Å². The van der Waals surface area contributed by atoms with Crippen molar-refractivity contribution in [1.29, 1.82) is 0 Å². The largest absolute Gasteiger partial charge is 0.310 e. The molecule has 18 heavy (non-hydrogen) atoms. The van der Waals surface area contributed by atoms with Crippen LogP contribution < -0.4 is 5.32 Å². The van der Waals surface area contributed by atoms with Crippen LogP contribution in [0.1, 0.15) is 43.8 Å². The van der Waals surface area contributed by atoms with Gasteiger partial charge in [0.2, 0.25) is 0 Å². The molecule has 0 aromatic carbocycles. The van der Waals surface area contributed by atoms with Gasteiger partial charge in [-0.3, -0.25) is 4.90 Å². The maximum Gasteiger partial charge on any atom is 0.0926 e. The van der Waals surface area contributed by atoms with Crippen LogP contribution >= 0.6 is 11.3 Å². The van der Waals surface area contributed by atoms with E-state index in [1.54, 1.807) is 11.3 Å². The molecule has 1 aromatic rings. The fraction of sp³-hybridized carbons (Fsp3) is 0.786. The number of hydrogen-bond donors (Lipinski definition) is 1. The molecule has 0 saturated carbocycles.